The second kappa shape index (κ2) is 3.99. The van der Waals surface area contributed by atoms with E-state index >= 15 is 0 Å². The van der Waals surface area contributed by atoms with Crippen LogP contribution in [0.15, 0.2) is 17.1 Å². The SMILES string of the molecule is COC(=O)c1c[nH]c(C(F)F)cc1=O. The van der Waals surface area contributed by atoms with E-state index in [1.54, 1.807) is 0 Å². The molecule has 0 aliphatic rings. The maximum absolute atomic E-state index is 12.1. The van der Waals surface area contributed by atoms with Gasteiger partial charge in [0.1, 0.15) is 5.56 Å². The summed E-state index contributed by atoms with van der Waals surface area (Å²) in [6, 6.07) is 0.677. The summed E-state index contributed by atoms with van der Waals surface area (Å²) < 4.78 is 28.4. The van der Waals surface area contributed by atoms with Crippen LogP contribution in [0.25, 0.3) is 0 Å². The van der Waals surface area contributed by atoms with Gasteiger partial charge >= 0.3 is 5.97 Å². The third-order valence-electron chi connectivity index (χ3n) is 1.58. The number of halogens is 2. The van der Waals surface area contributed by atoms with Crippen molar-refractivity contribution in [3.05, 3.63) is 33.7 Å². The summed E-state index contributed by atoms with van der Waals surface area (Å²) in [5, 5.41) is 0. The van der Waals surface area contributed by atoms with E-state index in [2.05, 4.69) is 9.72 Å². The van der Waals surface area contributed by atoms with Crippen LogP contribution in [0.5, 0.6) is 0 Å². The molecule has 1 N–H and O–H groups in total. The van der Waals surface area contributed by atoms with Crippen molar-refractivity contribution < 1.29 is 18.3 Å². The van der Waals surface area contributed by atoms with E-state index < -0.39 is 23.5 Å². The number of aromatic amines is 1. The molecule has 76 valence electrons. The number of methoxy groups -OCH3 is 1. The first-order valence-corrected chi connectivity index (χ1v) is 3.65. The van der Waals surface area contributed by atoms with Gasteiger partial charge in [-0.2, -0.15) is 0 Å². The van der Waals surface area contributed by atoms with Crippen LogP contribution in [0.1, 0.15) is 22.5 Å². The van der Waals surface area contributed by atoms with Crippen molar-refractivity contribution in [2.75, 3.05) is 7.11 Å². The molecule has 0 bridgehead atoms. The number of H-pyrrole nitrogens is 1. The molecule has 0 atom stereocenters. The Morgan fingerprint density at radius 1 is 1.57 bits per heavy atom. The van der Waals surface area contributed by atoms with Crippen LogP contribution in [0.4, 0.5) is 8.78 Å². The second-order valence-electron chi connectivity index (χ2n) is 2.46. The van der Waals surface area contributed by atoms with Gasteiger partial charge in [-0.15, -0.1) is 0 Å². The molecule has 1 rings (SSSR count). The Balaban J connectivity index is 3.14. The van der Waals surface area contributed by atoms with Gasteiger partial charge in [0.05, 0.1) is 12.8 Å². The first kappa shape index (κ1) is 10.4. The molecular weight excluding hydrogens is 196 g/mol. The number of alkyl halides is 2. The van der Waals surface area contributed by atoms with Crippen molar-refractivity contribution in [3.8, 4) is 0 Å². The first-order valence-electron chi connectivity index (χ1n) is 3.65. The van der Waals surface area contributed by atoms with Crippen LogP contribution in [0.2, 0.25) is 0 Å². The minimum absolute atomic E-state index is 0.295. The Bertz CT molecular complexity index is 400. The Morgan fingerprint density at radius 3 is 2.64 bits per heavy atom. The maximum Gasteiger partial charge on any atom is 0.343 e. The number of carbonyl (C=O) groups is 1. The lowest BCUT2D eigenvalue weighted by Crippen LogP contribution is -2.17. The van der Waals surface area contributed by atoms with Gasteiger partial charge in [0.15, 0.2) is 5.43 Å². The number of carbonyl (C=O) groups excluding carboxylic acids is 1. The van der Waals surface area contributed by atoms with Gasteiger partial charge in [-0.1, -0.05) is 0 Å². The second-order valence-corrected chi connectivity index (χ2v) is 2.46. The molecule has 0 saturated heterocycles. The molecule has 0 aromatic carbocycles. The van der Waals surface area contributed by atoms with Gasteiger partial charge in [0.2, 0.25) is 0 Å². The van der Waals surface area contributed by atoms with Crippen molar-refractivity contribution in [3.63, 3.8) is 0 Å². The zero-order valence-electron chi connectivity index (χ0n) is 7.21. The average molecular weight is 203 g/mol. The Morgan fingerprint density at radius 2 is 2.21 bits per heavy atom. The molecule has 0 spiro atoms. The minimum Gasteiger partial charge on any atom is -0.465 e. The normalized spacial score (nSPS) is 10.3. The Kier molecular flexibility index (Phi) is 2.95. The molecular formula is C8H7F2NO3. The standard InChI is InChI=1S/C8H7F2NO3/c1-14-8(13)4-3-11-5(7(9)10)2-6(4)12/h2-3,7H,1H3,(H,11,12). The highest BCUT2D eigenvalue weighted by atomic mass is 19.3. The third kappa shape index (κ3) is 1.95. The lowest BCUT2D eigenvalue weighted by Gasteiger charge is -2.01. The molecule has 1 heterocycles. The van der Waals surface area contributed by atoms with E-state index in [0.717, 1.165) is 13.3 Å². The summed E-state index contributed by atoms with van der Waals surface area (Å²) in [5.74, 6) is -0.855. The Hall–Kier alpha value is -1.72. The fraction of sp³-hybridized carbons (Fsp3) is 0.250. The first-order chi connectivity index (χ1) is 6.56. The molecule has 4 nitrogen and oxygen atoms in total. The summed E-state index contributed by atoms with van der Waals surface area (Å²) in [5.41, 5.74) is -1.61. The number of hydrogen-bond donors (Lipinski definition) is 1. The molecule has 1 aromatic heterocycles. The van der Waals surface area contributed by atoms with Crippen molar-refractivity contribution in [1.29, 1.82) is 0 Å². The highest BCUT2D eigenvalue weighted by molar-refractivity contribution is 5.88. The molecule has 6 heteroatoms. The van der Waals surface area contributed by atoms with Crippen LogP contribution in [-0.2, 0) is 4.74 Å². The van der Waals surface area contributed by atoms with Gasteiger partial charge in [-0.25, -0.2) is 13.6 Å². The topological polar surface area (TPSA) is 59.2 Å². The van der Waals surface area contributed by atoms with Crippen molar-refractivity contribution >= 4 is 5.97 Å². The molecule has 0 amide bonds. The van der Waals surface area contributed by atoms with Crippen LogP contribution in [0, 0.1) is 0 Å². The highest BCUT2D eigenvalue weighted by Crippen LogP contribution is 2.13. The number of pyridine rings is 1. The smallest absolute Gasteiger partial charge is 0.343 e. The zero-order valence-corrected chi connectivity index (χ0v) is 7.21. The molecule has 0 saturated carbocycles. The summed E-state index contributed by atoms with van der Waals surface area (Å²) in [6.45, 7) is 0. The van der Waals surface area contributed by atoms with E-state index in [1.165, 1.54) is 0 Å². The number of esters is 1. The summed E-state index contributed by atoms with van der Waals surface area (Å²) >= 11 is 0. The summed E-state index contributed by atoms with van der Waals surface area (Å²) in [6.07, 6.45) is -1.86. The van der Waals surface area contributed by atoms with E-state index in [4.69, 9.17) is 0 Å². The van der Waals surface area contributed by atoms with Crippen molar-refractivity contribution in [1.82, 2.24) is 4.98 Å². The number of aromatic nitrogens is 1. The van der Waals surface area contributed by atoms with Crippen LogP contribution >= 0.6 is 0 Å². The Labute approximate surface area is 77.5 Å². The fourth-order valence-corrected chi connectivity index (χ4v) is 0.883. The third-order valence-corrected chi connectivity index (χ3v) is 1.58. The molecule has 1 aromatic rings. The van der Waals surface area contributed by atoms with Gasteiger partial charge in [0, 0.05) is 12.3 Å². The molecule has 14 heavy (non-hydrogen) atoms. The molecule has 0 aliphatic carbocycles. The number of rotatable bonds is 2. The van der Waals surface area contributed by atoms with Gasteiger partial charge < -0.3 is 9.72 Å². The molecule has 0 aliphatic heterocycles. The fourth-order valence-electron chi connectivity index (χ4n) is 0.883. The quantitative estimate of drug-likeness (QED) is 0.732. The summed E-state index contributed by atoms with van der Waals surface area (Å²) in [7, 11) is 1.10. The molecule has 0 radical (unpaired) electrons. The van der Waals surface area contributed by atoms with Crippen molar-refractivity contribution in [2.45, 2.75) is 6.43 Å². The summed E-state index contributed by atoms with van der Waals surface area (Å²) in [4.78, 5) is 24.1. The van der Waals surface area contributed by atoms with Crippen LogP contribution < -0.4 is 5.43 Å². The number of hydrogen-bond acceptors (Lipinski definition) is 3. The monoisotopic (exact) mass is 203 g/mol. The van der Waals surface area contributed by atoms with E-state index in [1.807, 2.05) is 0 Å². The predicted molar refractivity (Wildman–Crippen MR) is 43.4 cm³/mol. The van der Waals surface area contributed by atoms with Gasteiger partial charge in [-0.3, -0.25) is 4.79 Å². The minimum atomic E-state index is -2.77. The number of ether oxygens (including phenoxy) is 1. The van der Waals surface area contributed by atoms with Crippen LogP contribution in [-0.4, -0.2) is 18.1 Å². The largest absolute Gasteiger partial charge is 0.465 e. The molecule has 0 unspecified atom stereocenters. The van der Waals surface area contributed by atoms with Crippen LogP contribution in [0.3, 0.4) is 0 Å². The average Bonchev–Trinajstić information content (AvgIpc) is 2.16. The number of nitrogens with one attached hydrogen (secondary N) is 1. The van der Waals surface area contributed by atoms with E-state index in [9.17, 15) is 18.4 Å². The van der Waals surface area contributed by atoms with Gasteiger partial charge in [-0.05, 0) is 0 Å². The van der Waals surface area contributed by atoms with Crippen molar-refractivity contribution in [2.24, 2.45) is 0 Å². The highest BCUT2D eigenvalue weighted by Gasteiger charge is 2.14. The van der Waals surface area contributed by atoms with E-state index in [0.29, 0.717) is 6.07 Å². The maximum atomic E-state index is 12.1. The van der Waals surface area contributed by atoms with Gasteiger partial charge in [0.25, 0.3) is 6.43 Å². The predicted octanol–water partition coefficient (Wildman–Crippen LogP) is 1.10. The zero-order chi connectivity index (χ0) is 10.7. The lowest BCUT2D eigenvalue weighted by atomic mass is 10.2. The molecule has 0 fully saturated rings. The lowest BCUT2D eigenvalue weighted by molar-refractivity contribution is 0.0598. The van der Waals surface area contributed by atoms with E-state index in [-0.39, 0.29) is 5.56 Å².